The summed E-state index contributed by atoms with van der Waals surface area (Å²) in [5.41, 5.74) is 6.34. The Balaban J connectivity index is 0.000000162. The molecular formula is C65H70BrF4N7O6. The third-order valence-electron chi connectivity index (χ3n) is 15.8. The van der Waals surface area contributed by atoms with E-state index in [0.717, 1.165) is 135 Å². The van der Waals surface area contributed by atoms with Gasteiger partial charge in [-0.05, 0) is 179 Å². The number of fused-ring (bicyclic) bond motifs is 2. The van der Waals surface area contributed by atoms with Gasteiger partial charge in [-0.2, -0.15) is 4.98 Å². The Bertz CT molecular complexity index is 3520. The summed E-state index contributed by atoms with van der Waals surface area (Å²) in [5, 5.41) is 21.2. The molecular weight excluding hydrogens is 1130 g/mol. The molecule has 0 aliphatic carbocycles. The zero-order chi connectivity index (χ0) is 57.6. The Kier molecular flexibility index (Phi) is 21.8. The van der Waals surface area contributed by atoms with Crippen molar-refractivity contribution in [1.29, 1.82) is 0 Å². The first kappa shape index (κ1) is 61.7. The summed E-state index contributed by atoms with van der Waals surface area (Å²) in [5.74, 6) is -0.831. The van der Waals surface area contributed by atoms with Crippen molar-refractivity contribution in [3.8, 4) is 6.01 Å². The van der Waals surface area contributed by atoms with Gasteiger partial charge in [0, 0.05) is 97.9 Å². The topological polar surface area (TPSA) is 157 Å². The summed E-state index contributed by atoms with van der Waals surface area (Å²) in [6.45, 7) is 7.63. The number of imidazole rings is 2. The van der Waals surface area contributed by atoms with Crippen molar-refractivity contribution in [3.63, 3.8) is 0 Å². The number of H-pyrrole nitrogens is 1. The van der Waals surface area contributed by atoms with Crippen molar-refractivity contribution in [2.75, 3.05) is 58.9 Å². The maximum Gasteiger partial charge on any atom is 0.330 e. The van der Waals surface area contributed by atoms with Crippen LogP contribution in [0.2, 0.25) is 0 Å². The van der Waals surface area contributed by atoms with E-state index in [9.17, 15) is 42.6 Å². The minimum absolute atomic E-state index is 0. The Morgan fingerprint density at radius 3 is 1.58 bits per heavy atom. The maximum atomic E-state index is 13.0. The number of aromatic hydroxyl groups is 1. The quantitative estimate of drug-likeness (QED) is 0.0558. The number of hydrogen-bond donors (Lipinski definition) is 3. The van der Waals surface area contributed by atoms with E-state index >= 15 is 0 Å². The summed E-state index contributed by atoms with van der Waals surface area (Å²) < 4.78 is 43.5. The van der Waals surface area contributed by atoms with Gasteiger partial charge in [0.05, 0.1) is 27.7 Å². The monoisotopic (exact) mass is 1200 g/mol. The van der Waals surface area contributed by atoms with E-state index in [1.165, 1.54) is 60.7 Å². The molecule has 0 saturated carbocycles. The largest absolute Gasteiger partial charge is 0.480 e. The zero-order valence-electron chi connectivity index (χ0n) is 46.3. The molecule has 0 spiro atoms. The fourth-order valence-corrected chi connectivity index (χ4v) is 11.4. The van der Waals surface area contributed by atoms with E-state index in [1.54, 1.807) is 16.7 Å². The van der Waals surface area contributed by atoms with Crippen LogP contribution in [0.3, 0.4) is 0 Å². The first-order valence-electron chi connectivity index (χ1n) is 28.3. The highest BCUT2D eigenvalue weighted by atomic mass is 79.9. The number of ketones is 3. The van der Waals surface area contributed by atoms with Gasteiger partial charge in [-0.25, -0.2) is 18.0 Å². The lowest BCUT2D eigenvalue weighted by Gasteiger charge is -2.38. The number of likely N-dealkylation sites (tertiary alicyclic amines) is 2. The van der Waals surface area contributed by atoms with Crippen LogP contribution in [0.15, 0.2) is 161 Å². The van der Waals surface area contributed by atoms with Crippen molar-refractivity contribution in [2.24, 2.45) is 0 Å². The molecule has 13 nitrogen and oxygen atoms in total. The smallest absolute Gasteiger partial charge is 0.330 e. The molecule has 0 bridgehead atoms. The number of aromatic nitrogens is 4. The number of Topliss-reactive ketones (excluding diaryl/α,β-unsaturated/α-hetero) is 3. The fraction of sp³-hybridized carbons (Fsp3) is 0.338. The van der Waals surface area contributed by atoms with Gasteiger partial charge in [-0.1, -0.05) is 58.4 Å². The van der Waals surface area contributed by atoms with Crippen LogP contribution in [0, 0.1) is 17.5 Å². The Morgan fingerprint density at radius 2 is 1.07 bits per heavy atom. The highest BCUT2D eigenvalue weighted by Crippen LogP contribution is 2.34. The third-order valence-corrected chi connectivity index (χ3v) is 16.4. The fourth-order valence-electron chi connectivity index (χ4n) is 11.2. The molecule has 6 aromatic carbocycles. The molecule has 5 heterocycles. The Morgan fingerprint density at radius 1 is 0.602 bits per heavy atom. The van der Waals surface area contributed by atoms with Crippen LogP contribution in [-0.2, 0) is 5.60 Å². The number of piperidine rings is 2. The minimum atomic E-state index is -0.763. The van der Waals surface area contributed by atoms with Gasteiger partial charge in [0.1, 0.15) is 17.5 Å². The van der Waals surface area contributed by atoms with E-state index in [-0.39, 0.29) is 57.2 Å². The molecule has 2 fully saturated rings. The number of para-hydroxylation sites is 4. The molecule has 11 rings (SSSR count). The number of aromatic amines is 1. The SMILES string of the molecule is F.O=C(CCCN1CC=C(n2c(=O)[nH]c3ccccc32)CC1)c1ccc(F)cc1.O=C(CCCN1CCC(O)(c2ccc(Br)cc2)CC1)c1ccc(F)cc1.O=C(CCCN1CCC(n2c(O)nc3ccccc32)CC1)c1ccc(F)cc1. The Hall–Kier alpha value is -7.35. The van der Waals surface area contributed by atoms with Crippen LogP contribution in [0.25, 0.3) is 27.8 Å². The van der Waals surface area contributed by atoms with E-state index in [4.69, 9.17) is 0 Å². The summed E-state index contributed by atoms with van der Waals surface area (Å²) in [4.78, 5) is 62.9. The highest BCUT2D eigenvalue weighted by Gasteiger charge is 2.34. The molecule has 8 aromatic rings. The van der Waals surface area contributed by atoms with Gasteiger partial charge >= 0.3 is 5.69 Å². The predicted molar refractivity (Wildman–Crippen MR) is 320 cm³/mol. The lowest BCUT2D eigenvalue weighted by Crippen LogP contribution is -2.42. The van der Waals surface area contributed by atoms with Crippen LogP contribution in [-0.4, -0.2) is 120 Å². The average molecular weight is 1200 g/mol. The number of rotatable bonds is 18. The van der Waals surface area contributed by atoms with E-state index in [2.05, 4.69) is 46.7 Å². The molecule has 0 unspecified atom stereocenters. The number of halogens is 5. The van der Waals surface area contributed by atoms with E-state index in [1.807, 2.05) is 77.4 Å². The molecule has 3 N–H and O–H groups in total. The van der Waals surface area contributed by atoms with Crippen LogP contribution in [0.4, 0.5) is 17.9 Å². The number of aliphatic hydroxyl groups is 1. The standard InChI is InChI=1S/C22H24FN3O2.C22H22FN3O2.C21H23BrFNO2.FH/c2*23-17-9-7-16(8-10-17)21(27)6-3-13-25-14-11-18(12-15-25)26-20-5-2-1-4-19(20)24-22(26)28;22-18-7-5-17(6-8-18)21(26)11-14-24(15-12-21)13-1-2-20(25)16-3-9-19(23)10-4-16;/h1-2,4-5,7-10,18H,3,6,11-15H2,(H,24,28);1-2,4-5,7-11H,3,6,12-15H2,(H,24,28);3-10,26H,1-2,11-15H2;1H. The number of nitrogens with zero attached hydrogens (tertiary/aromatic N) is 6. The van der Waals surface area contributed by atoms with Crippen LogP contribution < -0.4 is 5.69 Å². The molecule has 18 heteroatoms. The maximum absolute atomic E-state index is 13.0. The van der Waals surface area contributed by atoms with Gasteiger partial charge in [-0.3, -0.25) is 33.1 Å². The lowest BCUT2D eigenvalue weighted by atomic mass is 9.84. The second-order valence-corrected chi connectivity index (χ2v) is 22.3. The van der Waals surface area contributed by atoms with Gasteiger partial charge in [0.2, 0.25) is 0 Å². The second kappa shape index (κ2) is 29.3. The zero-order valence-corrected chi connectivity index (χ0v) is 47.9. The summed E-state index contributed by atoms with van der Waals surface area (Å²) in [6.07, 6.45) is 9.85. The van der Waals surface area contributed by atoms with Crippen LogP contribution in [0.5, 0.6) is 6.01 Å². The molecule has 0 atom stereocenters. The predicted octanol–water partition coefficient (Wildman–Crippen LogP) is 12.5. The normalized spacial score (nSPS) is 15.8. The number of carbonyl (C=O) groups is 3. The molecule has 0 amide bonds. The molecule has 3 aliphatic heterocycles. The Labute approximate surface area is 488 Å². The van der Waals surface area contributed by atoms with Gasteiger partial charge in [-0.15, -0.1) is 0 Å². The summed E-state index contributed by atoms with van der Waals surface area (Å²) in [7, 11) is 0. The molecule has 2 saturated heterocycles. The molecule has 0 radical (unpaired) electrons. The number of carbonyl (C=O) groups excluding carboxylic acids is 3. The lowest BCUT2D eigenvalue weighted by molar-refractivity contribution is -0.0260. The highest BCUT2D eigenvalue weighted by molar-refractivity contribution is 9.10. The van der Waals surface area contributed by atoms with E-state index in [0.29, 0.717) is 48.8 Å². The van der Waals surface area contributed by atoms with Crippen molar-refractivity contribution in [3.05, 3.63) is 206 Å². The van der Waals surface area contributed by atoms with Gasteiger partial charge < -0.3 is 25.0 Å². The second-order valence-electron chi connectivity index (χ2n) is 21.4. The van der Waals surface area contributed by atoms with E-state index < -0.39 is 5.60 Å². The van der Waals surface area contributed by atoms with Crippen molar-refractivity contribution >= 4 is 61.0 Å². The van der Waals surface area contributed by atoms with Crippen molar-refractivity contribution in [1.82, 2.24) is 33.8 Å². The number of hydrogen-bond acceptors (Lipinski definition) is 10. The molecule has 436 valence electrons. The van der Waals surface area contributed by atoms with Crippen LogP contribution >= 0.6 is 15.9 Å². The third kappa shape index (κ3) is 16.5. The van der Waals surface area contributed by atoms with Gasteiger partial charge in [0.25, 0.3) is 6.01 Å². The van der Waals surface area contributed by atoms with Gasteiger partial charge in [0.15, 0.2) is 17.3 Å². The van der Waals surface area contributed by atoms with Crippen molar-refractivity contribution in [2.45, 2.75) is 82.3 Å². The molecule has 2 aromatic heterocycles. The summed E-state index contributed by atoms with van der Waals surface area (Å²) in [6, 6.07) is 40.8. The minimum Gasteiger partial charge on any atom is -0.480 e. The summed E-state index contributed by atoms with van der Waals surface area (Å²) >= 11 is 3.42. The average Bonchev–Trinajstić information content (AvgIpc) is 4.12. The van der Waals surface area contributed by atoms with Crippen LogP contribution in [0.1, 0.15) is 113 Å². The van der Waals surface area contributed by atoms with Crippen molar-refractivity contribution < 1.29 is 42.5 Å². The first-order valence-corrected chi connectivity index (χ1v) is 29.1. The number of nitrogens with one attached hydrogen (secondary N) is 1. The molecule has 83 heavy (non-hydrogen) atoms. The first-order chi connectivity index (χ1) is 39.7. The molecule has 3 aliphatic rings. The number of benzene rings is 6.